The highest BCUT2D eigenvalue weighted by molar-refractivity contribution is 6.30. The minimum Gasteiger partial charge on any atom is -0.454 e. The average Bonchev–Trinajstić information content (AvgIpc) is 2.98. The summed E-state index contributed by atoms with van der Waals surface area (Å²) in [6.45, 7) is 2.40. The van der Waals surface area contributed by atoms with Gasteiger partial charge < -0.3 is 14.8 Å². The molecular formula is C16H16Cl2N2O4. The zero-order valence-corrected chi connectivity index (χ0v) is 14.4. The van der Waals surface area contributed by atoms with E-state index in [9.17, 15) is 10.1 Å². The minimum atomic E-state index is -0.414. The molecule has 2 aromatic rings. The lowest BCUT2D eigenvalue weighted by molar-refractivity contribution is -0.385. The van der Waals surface area contributed by atoms with Crippen molar-refractivity contribution in [3.05, 3.63) is 62.7 Å². The monoisotopic (exact) mass is 370 g/mol. The molecule has 0 saturated carbocycles. The highest BCUT2D eigenvalue weighted by atomic mass is 35.5. The van der Waals surface area contributed by atoms with Crippen LogP contribution in [0.4, 0.5) is 5.69 Å². The van der Waals surface area contributed by atoms with Crippen LogP contribution >= 0.6 is 24.0 Å². The van der Waals surface area contributed by atoms with Gasteiger partial charge in [0, 0.05) is 23.2 Å². The predicted molar refractivity (Wildman–Crippen MR) is 93.2 cm³/mol. The number of hydrogen-bond donors (Lipinski definition) is 1. The second-order valence-electron chi connectivity index (χ2n) is 5.25. The summed E-state index contributed by atoms with van der Waals surface area (Å²) < 4.78 is 10.5. The average molecular weight is 371 g/mol. The van der Waals surface area contributed by atoms with Crippen LogP contribution in [0.5, 0.6) is 11.5 Å². The molecule has 128 valence electrons. The van der Waals surface area contributed by atoms with Gasteiger partial charge in [-0.1, -0.05) is 23.7 Å². The van der Waals surface area contributed by atoms with Gasteiger partial charge in [-0.2, -0.15) is 0 Å². The van der Waals surface area contributed by atoms with Gasteiger partial charge in [0.2, 0.25) is 6.79 Å². The van der Waals surface area contributed by atoms with Crippen LogP contribution < -0.4 is 14.8 Å². The molecule has 1 N–H and O–H groups in total. The van der Waals surface area contributed by atoms with E-state index < -0.39 is 4.92 Å². The molecule has 6 nitrogen and oxygen atoms in total. The Balaban J connectivity index is 0.00000208. The van der Waals surface area contributed by atoms with Crippen molar-refractivity contribution in [2.75, 3.05) is 6.79 Å². The zero-order valence-electron chi connectivity index (χ0n) is 12.8. The fraction of sp³-hybridized carbons (Fsp3) is 0.250. The maximum absolute atomic E-state index is 11.2. The fourth-order valence-electron chi connectivity index (χ4n) is 2.44. The van der Waals surface area contributed by atoms with Gasteiger partial charge in [-0.15, -0.1) is 12.4 Å². The molecule has 0 bridgehead atoms. The van der Waals surface area contributed by atoms with Crippen LogP contribution in [-0.2, 0) is 6.54 Å². The van der Waals surface area contributed by atoms with Crippen LogP contribution in [0.2, 0.25) is 5.02 Å². The maximum atomic E-state index is 11.2. The molecule has 3 rings (SSSR count). The Morgan fingerprint density at radius 2 is 2.00 bits per heavy atom. The van der Waals surface area contributed by atoms with E-state index in [1.54, 1.807) is 12.1 Å². The Morgan fingerprint density at radius 3 is 2.67 bits per heavy atom. The van der Waals surface area contributed by atoms with E-state index in [0.717, 1.165) is 5.56 Å². The van der Waals surface area contributed by atoms with Gasteiger partial charge >= 0.3 is 0 Å². The van der Waals surface area contributed by atoms with E-state index in [4.69, 9.17) is 21.1 Å². The van der Waals surface area contributed by atoms with Gasteiger partial charge in [-0.05, 0) is 30.7 Å². The minimum absolute atomic E-state index is 0. The van der Waals surface area contributed by atoms with Gasteiger partial charge in [0.25, 0.3) is 5.69 Å². The largest absolute Gasteiger partial charge is 0.454 e. The summed E-state index contributed by atoms with van der Waals surface area (Å²) in [5.41, 5.74) is 1.58. The van der Waals surface area contributed by atoms with E-state index >= 15 is 0 Å². The first-order chi connectivity index (χ1) is 11.0. The summed E-state index contributed by atoms with van der Waals surface area (Å²) >= 11 is 5.99. The maximum Gasteiger partial charge on any atom is 0.277 e. The smallest absolute Gasteiger partial charge is 0.277 e. The lowest BCUT2D eigenvalue weighted by atomic mass is 10.1. The van der Waals surface area contributed by atoms with Crippen LogP contribution in [0.3, 0.4) is 0 Å². The summed E-state index contributed by atoms with van der Waals surface area (Å²) in [7, 11) is 0. The van der Waals surface area contributed by atoms with Gasteiger partial charge in [0.1, 0.15) is 0 Å². The number of nitrogens with zero attached hydrogens (tertiary/aromatic N) is 1. The van der Waals surface area contributed by atoms with E-state index in [-0.39, 0.29) is 30.9 Å². The number of hydrogen-bond acceptors (Lipinski definition) is 5. The van der Waals surface area contributed by atoms with Gasteiger partial charge in [0.05, 0.1) is 11.0 Å². The standard InChI is InChI=1S/C16H15ClN2O4.ClH/c1-10(11-3-2-4-13(17)5-11)18-8-12-6-15-16(23-9-22-15)7-14(12)19(20)21;/h2-7,10,18H,8-9H2,1H3;1H. The van der Waals surface area contributed by atoms with Crippen molar-refractivity contribution in [2.24, 2.45) is 0 Å². The molecule has 24 heavy (non-hydrogen) atoms. The van der Waals surface area contributed by atoms with Crippen LogP contribution in [0.15, 0.2) is 36.4 Å². The number of nitrogens with one attached hydrogen (secondary N) is 1. The highest BCUT2D eigenvalue weighted by Crippen LogP contribution is 2.38. The quantitative estimate of drug-likeness (QED) is 0.628. The molecule has 1 unspecified atom stereocenters. The van der Waals surface area contributed by atoms with E-state index in [0.29, 0.717) is 28.6 Å². The zero-order chi connectivity index (χ0) is 16.4. The van der Waals surface area contributed by atoms with Crippen LogP contribution in [-0.4, -0.2) is 11.7 Å². The Bertz CT molecular complexity index is 755. The first-order valence-corrected chi connectivity index (χ1v) is 7.48. The van der Waals surface area contributed by atoms with Crippen molar-refractivity contribution in [1.82, 2.24) is 5.32 Å². The molecule has 1 aliphatic heterocycles. The molecule has 8 heteroatoms. The fourth-order valence-corrected chi connectivity index (χ4v) is 2.64. The molecule has 0 aromatic heterocycles. The second kappa shape index (κ2) is 7.70. The molecule has 0 aliphatic carbocycles. The van der Waals surface area contributed by atoms with Gasteiger partial charge in [-0.3, -0.25) is 10.1 Å². The van der Waals surface area contributed by atoms with Crippen molar-refractivity contribution >= 4 is 29.7 Å². The summed E-state index contributed by atoms with van der Waals surface area (Å²) in [5, 5.41) is 15.2. The van der Waals surface area contributed by atoms with Gasteiger partial charge in [0.15, 0.2) is 11.5 Å². The number of halogens is 2. The molecule has 0 saturated heterocycles. The van der Waals surface area contributed by atoms with E-state index in [1.165, 1.54) is 6.07 Å². The molecule has 0 amide bonds. The Labute approximate surface area is 150 Å². The first-order valence-electron chi connectivity index (χ1n) is 7.10. The SMILES string of the molecule is CC(NCc1cc2c(cc1[N+](=O)[O-])OCO2)c1cccc(Cl)c1.Cl. The molecule has 1 atom stereocenters. The van der Waals surface area contributed by atoms with Gasteiger partial charge in [-0.25, -0.2) is 0 Å². The lowest BCUT2D eigenvalue weighted by Crippen LogP contribution is -2.18. The molecule has 2 aromatic carbocycles. The number of nitro benzene ring substituents is 1. The van der Waals surface area contributed by atoms with Crippen molar-refractivity contribution in [2.45, 2.75) is 19.5 Å². The summed E-state index contributed by atoms with van der Waals surface area (Å²) in [6, 6.07) is 10.6. The highest BCUT2D eigenvalue weighted by Gasteiger charge is 2.23. The second-order valence-corrected chi connectivity index (χ2v) is 5.69. The molecule has 1 aliphatic rings. The van der Waals surface area contributed by atoms with Crippen molar-refractivity contribution < 1.29 is 14.4 Å². The van der Waals surface area contributed by atoms with Crippen LogP contribution in [0.1, 0.15) is 24.1 Å². The van der Waals surface area contributed by atoms with Crippen LogP contribution in [0, 0.1) is 10.1 Å². The number of fused-ring (bicyclic) bond motifs is 1. The summed E-state index contributed by atoms with van der Waals surface area (Å²) in [4.78, 5) is 10.8. The van der Waals surface area contributed by atoms with Crippen molar-refractivity contribution in [3.8, 4) is 11.5 Å². The number of nitro groups is 1. The predicted octanol–water partition coefficient (Wildman–Crippen LogP) is 4.25. The van der Waals surface area contributed by atoms with Crippen LogP contribution in [0.25, 0.3) is 0 Å². The third-order valence-corrected chi connectivity index (χ3v) is 3.95. The molecule has 1 heterocycles. The Morgan fingerprint density at radius 1 is 1.29 bits per heavy atom. The van der Waals surface area contributed by atoms with E-state index in [1.807, 2.05) is 25.1 Å². The first kappa shape index (κ1) is 18.3. The van der Waals surface area contributed by atoms with E-state index in [2.05, 4.69) is 5.32 Å². The topological polar surface area (TPSA) is 73.6 Å². The van der Waals surface area contributed by atoms with Crippen molar-refractivity contribution in [3.63, 3.8) is 0 Å². The molecule has 0 radical (unpaired) electrons. The number of benzene rings is 2. The van der Waals surface area contributed by atoms with Crippen molar-refractivity contribution in [1.29, 1.82) is 0 Å². The Hall–Kier alpha value is -2.02. The summed E-state index contributed by atoms with van der Waals surface area (Å²) in [6.07, 6.45) is 0. The molecule has 0 spiro atoms. The normalized spacial score (nSPS) is 13.2. The lowest BCUT2D eigenvalue weighted by Gasteiger charge is -2.15. The Kier molecular flexibility index (Phi) is 5.88. The molecule has 0 fully saturated rings. The molecular weight excluding hydrogens is 355 g/mol. The third kappa shape index (κ3) is 3.90. The summed E-state index contributed by atoms with van der Waals surface area (Å²) in [5.74, 6) is 0.936. The number of ether oxygens (including phenoxy) is 2. The number of rotatable bonds is 5. The third-order valence-electron chi connectivity index (χ3n) is 3.72.